The minimum atomic E-state index is -0.122. The summed E-state index contributed by atoms with van der Waals surface area (Å²) in [6.07, 6.45) is 0.901. The highest BCUT2D eigenvalue weighted by atomic mass is 32.1. The number of benzene rings is 1. The van der Waals surface area contributed by atoms with E-state index in [9.17, 15) is 4.79 Å². The molecule has 0 aliphatic heterocycles. The number of ether oxygens (including phenoxy) is 1. The summed E-state index contributed by atoms with van der Waals surface area (Å²) in [6.45, 7) is 8.53. The molecule has 0 aliphatic carbocycles. The second-order valence-corrected chi connectivity index (χ2v) is 6.39. The van der Waals surface area contributed by atoms with E-state index in [-0.39, 0.29) is 11.9 Å². The van der Waals surface area contributed by atoms with Crippen molar-refractivity contribution in [3.05, 3.63) is 45.4 Å². The molecule has 5 heteroatoms. The Kier molecular flexibility index (Phi) is 5.55. The molecule has 0 saturated heterocycles. The molecule has 1 atom stereocenters. The lowest BCUT2D eigenvalue weighted by Crippen LogP contribution is -2.32. The van der Waals surface area contributed by atoms with Gasteiger partial charge in [0, 0.05) is 11.4 Å². The molecule has 1 unspecified atom stereocenters. The Morgan fingerprint density at radius 1 is 1.36 bits per heavy atom. The molecule has 1 aromatic carbocycles. The second-order valence-electron chi connectivity index (χ2n) is 5.44. The van der Waals surface area contributed by atoms with Crippen molar-refractivity contribution < 1.29 is 9.53 Å². The first-order valence-electron chi connectivity index (χ1n) is 7.45. The maximum atomic E-state index is 12.0. The van der Waals surface area contributed by atoms with Crippen LogP contribution in [0.2, 0.25) is 0 Å². The summed E-state index contributed by atoms with van der Waals surface area (Å²) in [6, 6.07) is 6.16. The number of nitrogens with one attached hydrogen (secondary N) is 1. The van der Waals surface area contributed by atoms with Gasteiger partial charge < -0.3 is 10.1 Å². The van der Waals surface area contributed by atoms with Crippen LogP contribution in [0.3, 0.4) is 0 Å². The molecule has 0 spiro atoms. The van der Waals surface area contributed by atoms with E-state index in [1.165, 1.54) is 22.5 Å². The van der Waals surface area contributed by atoms with Gasteiger partial charge in [-0.1, -0.05) is 13.0 Å². The van der Waals surface area contributed by atoms with Crippen LogP contribution in [0.15, 0.2) is 23.6 Å². The van der Waals surface area contributed by atoms with Crippen LogP contribution < -0.4 is 10.1 Å². The molecule has 1 aromatic heterocycles. The van der Waals surface area contributed by atoms with Crippen LogP contribution in [0.25, 0.3) is 0 Å². The van der Waals surface area contributed by atoms with Crippen LogP contribution in [0.4, 0.5) is 0 Å². The van der Waals surface area contributed by atoms with Crippen LogP contribution in [0.1, 0.15) is 46.9 Å². The SMILES string of the molecule is CCC(C)NC(=O)c1csc(COc2ccc(C)c(C)c2)n1. The molecular formula is C17H22N2O2S. The van der Waals surface area contributed by atoms with Gasteiger partial charge in [-0.3, -0.25) is 4.79 Å². The van der Waals surface area contributed by atoms with E-state index in [2.05, 4.69) is 24.1 Å². The summed E-state index contributed by atoms with van der Waals surface area (Å²) >= 11 is 1.44. The fraction of sp³-hybridized carbons (Fsp3) is 0.412. The number of amides is 1. The molecule has 0 saturated carbocycles. The smallest absolute Gasteiger partial charge is 0.270 e. The van der Waals surface area contributed by atoms with Gasteiger partial charge in [0.2, 0.25) is 0 Å². The van der Waals surface area contributed by atoms with E-state index in [0.29, 0.717) is 12.3 Å². The van der Waals surface area contributed by atoms with Gasteiger partial charge in [0.25, 0.3) is 5.91 Å². The molecule has 0 bridgehead atoms. The number of thiazole rings is 1. The average Bonchev–Trinajstić information content (AvgIpc) is 2.97. The van der Waals surface area contributed by atoms with E-state index >= 15 is 0 Å². The van der Waals surface area contributed by atoms with E-state index in [1.54, 1.807) is 5.38 Å². The van der Waals surface area contributed by atoms with Gasteiger partial charge in [0.1, 0.15) is 23.1 Å². The molecule has 0 fully saturated rings. The van der Waals surface area contributed by atoms with E-state index in [0.717, 1.165) is 17.2 Å². The van der Waals surface area contributed by atoms with Crippen molar-refractivity contribution in [2.75, 3.05) is 0 Å². The van der Waals surface area contributed by atoms with Crippen LogP contribution >= 0.6 is 11.3 Å². The fourth-order valence-electron chi connectivity index (χ4n) is 1.83. The Morgan fingerprint density at radius 3 is 2.82 bits per heavy atom. The summed E-state index contributed by atoms with van der Waals surface area (Å²) in [5.74, 6) is 0.701. The zero-order valence-electron chi connectivity index (χ0n) is 13.5. The quantitative estimate of drug-likeness (QED) is 0.879. The second kappa shape index (κ2) is 7.40. The Hall–Kier alpha value is -1.88. The zero-order valence-corrected chi connectivity index (χ0v) is 14.3. The molecular weight excluding hydrogens is 296 g/mol. The lowest BCUT2D eigenvalue weighted by Gasteiger charge is -2.09. The Morgan fingerprint density at radius 2 is 2.14 bits per heavy atom. The number of aryl methyl sites for hydroxylation is 2. The monoisotopic (exact) mass is 318 g/mol. The highest BCUT2D eigenvalue weighted by molar-refractivity contribution is 7.09. The maximum Gasteiger partial charge on any atom is 0.270 e. The van der Waals surface area contributed by atoms with Gasteiger partial charge in [0.05, 0.1) is 0 Å². The van der Waals surface area contributed by atoms with Crippen molar-refractivity contribution >= 4 is 17.2 Å². The van der Waals surface area contributed by atoms with Crippen LogP contribution in [0.5, 0.6) is 5.75 Å². The Balaban J connectivity index is 1.94. The van der Waals surface area contributed by atoms with Gasteiger partial charge >= 0.3 is 0 Å². The number of hydrogen-bond acceptors (Lipinski definition) is 4. The third-order valence-corrected chi connectivity index (χ3v) is 4.44. The molecule has 2 rings (SSSR count). The van der Waals surface area contributed by atoms with Crippen molar-refractivity contribution in [1.82, 2.24) is 10.3 Å². The van der Waals surface area contributed by atoms with E-state index < -0.39 is 0 Å². The van der Waals surface area contributed by atoms with E-state index in [1.807, 2.05) is 32.0 Å². The first kappa shape index (κ1) is 16.5. The molecule has 0 radical (unpaired) electrons. The van der Waals surface area contributed by atoms with Crippen molar-refractivity contribution in [2.24, 2.45) is 0 Å². The fourth-order valence-corrected chi connectivity index (χ4v) is 2.52. The van der Waals surface area contributed by atoms with E-state index in [4.69, 9.17) is 4.74 Å². The summed E-state index contributed by atoms with van der Waals surface area (Å²) < 4.78 is 5.74. The Bertz CT molecular complexity index is 652. The standard InChI is InChI=1S/C17H22N2O2S/c1-5-13(4)18-17(20)15-10-22-16(19-15)9-21-14-7-6-11(2)12(3)8-14/h6-8,10,13H,5,9H2,1-4H3,(H,18,20). The molecule has 4 nitrogen and oxygen atoms in total. The number of aromatic nitrogens is 1. The predicted molar refractivity (Wildman–Crippen MR) is 89.6 cm³/mol. The summed E-state index contributed by atoms with van der Waals surface area (Å²) in [4.78, 5) is 16.3. The number of nitrogens with zero attached hydrogens (tertiary/aromatic N) is 1. The Labute approximate surface area is 135 Å². The van der Waals surface area contributed by atoms with Crippen molar-refractivity contribution in [1.29, 1.82) is 0 Å². The van der Waals surface area contributed by atoms with Gasteiger partial charge in [-0.2, -0.15) is 0 Å². The summed E-state index contributed by atoms with van der Waals surface area (Å²) in [5.41, 5.74) is 2.90. The molecule has 22 heavy (non-hydrogen) atoms. The molecule has 2 aromatic rings. The summed E-state index contributed by atoms with van der Waals surface area (Å²) in [5, 5.41) is 5.48. The highest BCUT2D eigenvalue weighted by Crippen LogP contribution is 2.19. The minimum absolute atomic E-state index is 0.122. The molecule has 1 N–H and O–H groups in total. The highest BCUT2D eigenvalue weighted by Gasteiger charge is 2.12. The third kappa shape index (κ3) is 4.31. The lowest BCUT2D eigenvalue weighted by molar-refractivity contribution is 0.0934. The largest absolute Gasteiger partial charge is 0.486 e. The minimum Gasteiger partial charge on any atom is -0.486 e. The molecule has 118 valence electrons. The van der Waals surface area contributed by atoms with Gasteiger partial charge in [-0.15, -0.1) is 11.3 Å². The van der Waals surface area contributed by atoms with Crippen molar-refractivity contribution in [3.8, 4) is 5.75 Å². The topological polar surface area (TPSA) is 51.2 Å². The zero-order chi connectivity index (χ0) is 16.1. The molecule has 1 amide bonds. The number of hydrogen-bond donors (Lipinski definition) is 1. The first-order chi connectivity index (χ1) is 10.5. The van der Waals surface area contributed by atoms with Crippen molar-refractivity contribution in [3.63, 3.8) is 0 Å². The predicted octanol–water partition coefficient (Wildman–Crippen LogP) is 3.87. The van der Waals surface area contributed by atoms with Gasteiger partial charge in [0.15, 0.2) is 0 Å². The number of carbonyl (C=O) groups is 1. The number of rotatable bonds is 6. The maximum absolute atomic E-state index is 12.0. The average molecular weight is 318 g/mol. The van der Waals surface area contributed by atoms with Crippen molar-refractivity contribution in [2.45, 2.75) is 46.8 Å². The van der Waals surface area contributed by atoms with Crippen LogP contribution in [0, 0.1) is 13.8 Å². The third-order valence-electron chi connectivity index (χ3n) is 3.61. The van der Waals surface area contributed by atoms with Crippen LogP contribution in [-0.2, 0) is 6.61 Å². The summed E-state index contributed by atoms with van der Waals surface area (Å²) in [7, 11) is 0. The van der Waals surface area contributed by atoms with Crippen LogP contribution in [-0.4, -0.2) is 16.9 Å². The molecule has 1 heterocycles. The lowest BCUT2D eigenvalue weighted by atomic mass is 10.1. The van der Waals surface area contributed by atoms with Gasteiger partial charge in [-0.25, -0.2) is 4.98 Å². The number of carbonyl (C=O) groups excluding carboxylic acids is 1. The van der Waals surface area contributed by atoms with Gasteiger partial charge in [-0.05, 0) is 50.5 Å². The first-order valence-corrected chi connectivity index (χ1v) is 8.33. The molecule has 0 aliphatic rings. The normalized spacial score (nSPS) is 12.0.